The zero-order valence-electron chi connectivity index (χ0n) is 15.9. The van der Waals surface area contributed by atoms with Gasteiger partial charge in [0.25, 0.3) is 0 Å². The van der Waals surface area contributed by atoms with Gasteiger partial charge in [-0.15, -0.1) is 5.10 Å². The number of alkyl halides is 3. The predicted octanol–water partition coefficient (Wildman–Crippen LogP) is 4.44. The summed E-state index contributed by atoms with van der Waals surface area (Å²) < 4.78 is 67.7. The van der Waals surface area contributed by atoms with E-state index < -0.39 is 21.8 Å². The van der Waals surface area contributed by atoms with Gasteiger partial charge in [0.1, 0.15) is 5.52 Å². The lowest BCUT2D eigenvalue weighted by atomic mass is 10.1. The normalized spacial score (nSPS) is 17.0. The molecule has 11 heteroatoms. The van der Waals surface area contributed by atoms with Gasteiger partial charge in [0.15, 0.2) is 0 Å². The first-order valence-corrected chi connectivity index (χ1v) is 11.1. The van der Waals surface area contributed by atoms with Crippen LogP contribution in [0.25, 0.3) is 11.0 Å². The average molecular weight is 459 g/mol. The molecule has 0 atom stereocenters. The van der Waals surface area contributed by atoms with Crippen LogP contribution >= 0.6 is 11.6 Å². The van der Waals surface area contributed by atoms with Gasteiger partial charge in [-0.3, -0.25) is 0 Å². The number of aromatic nitrogens is 3. The van der Waals surface area contributed by atoms with Crippen LogP contribution in [0, 0.1) is 6.92 Å². The molecule has 1 aliphatic heterocycles. The highest BCUT2D eigenvalue weighted by Gasteiger charge is 2.33. The highest BCUT2D eigenvalue weighted by atomic mass is 35.5. The number of fused-ring (bicyclic) bond motifs is 1. The second kappa shape index (κ2) is 7.51. The summed E-state index contributed by atoms with van der Waals surface area (Å²) in [5.74, 6) is 0. The summed E-state index contributed by atoms with van der Waals surface area (Å²) in [6, 6.07) is 7.96. The number of nitrogens with zero attached hydrogens (tertiary/aromatic N) is 4. The number of hydrogen-bond donors (Lipinski definition) is 0. The summed E-state index contributed by atoms with van der Waals surface area (Å²) in [6.07, 6.45) is -3.51. The molecule has 0 amide bonds. The number of hydrogen-bond acceptors (Lipinski definition) is 4. The molecule has 3 aromatic rings. The van der Waals surface area contributed by atoms with Crippen LogP contribution in [0.2, 0.25) is 5.02 Å². The summed E-state index contributed by atoms with van der Waals surface area (Å²) in [7, 11) is -3.69. The van der Waals surface area contributed by atoms with Crippen molar-refractivity contribution in [1.82, 2.24) is 19.3 Å². The van der Waals surface area contributed by atoms with Crippen molar-refractivity contribution in [3.63, 3.8) is 0 Å². The van der Waals surface area contributed by atoms with Crippen LogP contribution < -0.4 is 0 Å². The Morgan fingerprint density at radius 2 is 1.83 bits per heavy atom. The molecule has 1 saturated heterocycles. The zero-order valence-corrected chi connectivity index (χ0v) is 17.5. The molecule has 0 unspecified atom stereocenters. The highest BCUT2D eigenvalue weighted by Crippen LogP contribution is 2.33. The fourth-order valence-electron chi connectivity index (χ4n) is 3.72. The second-order valence-electron chi connectivity index (χ2n) is 7.23. The fourth-order valence-corrected chi connectivity index (χ4v) is 5.67. The van der Waals surface area contributed by atoms with E-state index in [1.54, 1.807) is 23.7 Å². The molecule has 1 fully saturated rings. The molecule has 2 aromatic carbocycles. The fraction of sp³-hybridized carbons (Fsp3) is 0.368. The van der Waals surface area contributed by atoms with Gasteiger partial charge in [0.05, 0.1) is 22.0 Å². The van der Waals surface area contributed by atoms with Crippen LogP contribution in [0.1, 0.15) is 30.0 Å². The van der Waals surface area contributed by atoms with E-state index in [4.69, 9.17) is 11.6 Å². The van der Waals surface area contributed by atoms with Crippen LogP contribution in [0.15, 0.2) is 41.3 Å². The topological polar surface area (TPSA) is 68.1 Å². The third-order valence-electron chi connectivity index (χ3n) is 5.40. The van der Waals surface area contributed by atoms with Crippen LogP contribution in [0.5, 0.6) is 0 Å². The number of rotatable bonds is 3. The quantitative estimate of drug-likeness (QED) is 0.582. The van der Waals surface area contributed by atoms with E-state index in [2.05, 4.69) is 10.3 Å². The maximum atomic E-state index is 13.0. The Morgan fingerprint density at radius 3 is 2.50 bits per heavy atom. The van der Waals surface area contributed by atoms with Gasteiger partial charge >= 0.3 is 6.18 Å². The summed E-state index contributed by atoms with van der Waals surface area (Å²) in [5, 5.41) is 8.29. The van der Waals surface area contributed by atoms with Crippen LogP contribution in [-0.4, -0.2) is 40.8 Å². The largest absolute Gasteiger partial charge is 0.416 e. The van der Waals surface area contributed by atoms with Gasteiger partial charge < -0.3 is 0 Å². The van der Waals surface area contributed by atoms with Crippen molar-refractivity contribution in [2.24, 2.45) is 0 Å². The molecule has 0 aliphatic carbocycles. The molecule has 0 bridgehead atoms. The maximum Gasteiger partial charge on any atom is 0.416 e. The Morgan fingerprint density at radius 1 is 1.13 bits per heavy atom. The van der Waals surface area contributed by atoms with Crippen molar-refractivity contribution in [3.8, 4) is 0 Å². The molecule has 30 heavy (non-hydrogen) atoms. The molecule has 2 heterocycles. The number of sulfonamides is 1. The molecule has 1 aromatic heterocycles. The lowest BCUT2D eigenvalue weighted by Gasteiger charge is -2.31. The Balaban J connectivity index is 1.54. The summed E-state index contributed by atoms with van der Waals surface area (Å²) in [6.45, 7) is 2.20. The third kappa shape index (κ3) is 3.67. The van der Waals surface area contributed by atoms with E-state index in [0.717, 1.165) is 12.1 Å². The van der Waals surface area contributed by atoms with Crippen molar-refractivity contribution in [2.75, 3.05) is 13.1 Å². The minimum atomic E-state index is -4.45. The molecule has 0 spiro atoms. The summed E-state index contributed by atoms with van der Waals surface area (Å²) in [4.78, 5) is 0.180. The van der Waals surface area contributed by atoms with Gasteiger partial charge in [0, 0.05) is 18.1 Å². The van der Waals surface area contributed by atoms with Crippen molar-refractivity contribution >= 4 is 32.7 Å². The minimum Gasteiger partial charge on any atom is -0.242 e. The van der Waals surface area contributed by atoms with Gasteiger partial charge in [-0.2, -0.15) is 17.5 Å². The summed E-state index contributed by atoms with van der Waals surface area (Å²) >= 11 is 6.07. The lowest BCUT2D eigenvalue weighted by molar-refractivity contribution is -0.137. The van der Waals surface area contributed by atoms with Crippen molar-refractivity contribution in [3.05, 3.63) is 52.5 Å². The van der Waals surface area contributed by atoms with E-state index in [9.17, 15) is 21.6 Å². The molecule has 0 N–H and O–H groups in total. The molecular formula is C19H18ClF3N4O2S. The predicted molar refractivity (Wildman–Crippen MR) is 106 cm³/mol. The van der Waals surface area contributed by atoms with E-state index in [1.807, 2.05) is 0 Å². The Hall–Kier alpha value is -2.17. The first-order chi connectivity index (χ1) is 14.1. The number of halogens is 4. The first kappa shape index (κ1) is 21.1. The Bertz CT molecular complexity index is 1200. The van der Waals surface area contributed by atoms with Crippen LogP contribution in [-0.2, 0) is 16.2 Å². The molecule has 0 saturated carbocycles. The average Bonchev–Trinajstić information content (AvgIpc) is 3.12. The molecule has 4 rings (SSSR count). The highest BCUT2D eigenvalue weighted by molar-refractivity contribution is 7.89. The molecule has 1 aliphatic rings. The number of piperidine rings is 1. The smallest absolute Gasteiger partial charge is 0.242 e. The minimum absolute atomic E-state index is 0.154. The van der Waals surface area contributed by atoms with Gasteiger partial charge in [-0.1, -0.05) is 22.9 Å². The van der Waals surface area contributed by atoms with E-state index in [-0.39, 0.29) is 29.5 Å². The van der Waals surface area contributed by atoms with Gasteiger partial charge in [-0.05, 0) is 55.7 Å². The van der Waals surface area contributed by atoms with Crippen molar-refractivity contribution in [1.29, 1.82) is 0 Å². The Kier molecular flexibility index (Phi) is 5.27. The van der Waals surface area contributed by atoms with Crippen molar-refractivity contribution in [2.45, 2.75) is 36.9 Å². The van der Waals surface area contributed by atoms with Gasteiger partial charge in [-0.25, -0.2) is 13.1 Å². The van der Waals surface area contributed by atoms with Gasteiger partial charge in [0.2, 0.25) is 10.0 Å². The van der Waals surface area contributed by atoms with Crippen LogP contribution in [0.3, 0.4) is 0 Å². The maximum absolute atomic E-state index is 13.0. The molecule has 6 nitrogen and oxygen atoms in total. The SMILES string of the molecule is Cc1c(Cl)cccc1S(=O)(=O)N1CCC(n2nnc3cc(C(F)(F)F)ccc32)CC1. The third-order valence-corrected chi connectivity index (χ3v) is 7.86. The second-order valence-corrected chi connectivity index (χ2v) is 9.55. The Labute approximate surface area is 176 Å². The standard InChI is InChI=1S/C19H18ClF3N4O2S/c1-12-15(20)3-2-4-18(12)30(28,29)26-9-7-14(8-10-26)27-17-6-5-13(19(21,22)23)11-16(17)24-25-27/h2-6,11,14H,7-10H2,1H3. The van der Waals surface area contributed by atoms with E-state index in [0.29, 0.717) is 28.9 Å². The first-order valence-electron chi connectivity index (χ1n) is 9.26. The molecule has 160 valence electrons. The zero-order chi connectivity index (χ0) is 21.7. The molecule has 0 radical (unpaired) electrons. The van der Waals surface area contributed by atoms with Crippen LogP contribution in [0.4, 0.5) is 13.2 Å². The molecular weight excluding hydrogens is 441 g/mol. The summed E-state index contributed by atoms with van der Waals surface area (Å²) in [5.41, 5.74) is 0.383. The monoisotopic (exact) mass is 458 g/mol. The van der Waals surface area contributed by atoms with E-state index in [1.165, 1.54) is 16.4 Å². The lowest BCUT2D eigenvalue weighted by Crippen LogP contribution is -2.39. The number of benzene rings is 2. The van der Waals surface area contributed by atoms with E-state index >= 15 is 0 Å². The van der Waals surface area contributed by atoms with Crippen molar-refractivity contribution < 1.29 is 21.6 Å².